The van der Waals surface area contributed by atoms with E-state index >= 15 is 0 Å². The van der Waals surface area contributed by atoms with Gasteiger partial charge in [-0.3, -0.25) is 9.59 Å². The van der Waals surface area contributed by atoms with Crippen LogP contribution in [0.3, 0.4) is 0 Å². The molecule has 1 heterocycles. The topological polar surface area (TPSA) is 95.9 Å². The van der Waals surface area contributed by atoms with Gasteiger partial charge in [-0.05, 0) is 34.1 Å². The third-order valence-electron chi connectivity index (χ3n) is 7.33. The van der Waals surface area contributed by atoms with Gasteiger partial charge in [-0.15, -0.1) is 0 Å². The second-order valence-corrected chi connectivity index (χ2v) is 10.3. The molecule has 1 saturated heterocycles. The van der Waals surface area contributed by atoms with Gasteiger partial charge in [0, 0.05) is 19.0 Å². The molecule has 2 aromatic rings. The predicted molar refractivity (Wildman–Crippen MR) is 133 cm³/mol. The summed E-state index contributed by atoms with van der Waals surface area (Å²) in [5, 5.41) is 12.3. The van der Waals surface area contributed by atoms with E-state index in [4.69, 9.17) is 4.74 Å². The number of nitrogens with zero attached hydrogens (tertiary/aromatic N) is 1. The van der Waals surface area contributed by atoms with Crippen LogP contribution in [0, 0.1) is 11.3 Å². The molecular weight excluding hydrogens is 444 g/mol. The first-order chi connectivity index (χ1) is 16.7. The largest absolute Gasteiger partial charge is 0.481 e. The van der Waals surface area contributed by atoms with E-state index in [1.807, 2.05) is 45.0 Å². The molecule has 7 heteroatoms. The van der Waals surface area contributed by atoms with Crippen molar-refractivity contribution in [1.82, 2.24) is 10.2 Å². The number of carboxylic acid groups (broad SMARTS) is 1. The normalized spacial score (nSPS) is 19.1. The van der Waals surface area contributed by atoms with E-state index in [1.165, 1.54) is 0 Å². The molecular formula is C28H34N2O5. The zero-order chi connectivity index (χ0) is 25.2. The van der Waals surface area contributed by atoms with E-state index in [0.717, 1.165) is 35.1 Å². The number of carboxylic acids is 1. The van der Waals surface area contributed by atoms with E-state index in [0.29, 0.717) is 13.0 Å². The number of fused-ring (bicyclic) bond motifs is 3. The highest BCUT2D eigenvalue weighted by atomic mass is 16.5. The Kier molecular flexibility index (Phi) is 7.15. The molecule has 1 aliphatic carbocycles. The molecule has 2 N–H and O–H groups in total. The Hall–Kier alpha value is -3.35. The minimum absolute atomic E-state index is 0.0614. The highest BCUT2D eigenvalue weighted by Crippen LogP contribution is 2.44. The predicted octanol–water partition coefficient (Wildman–Crippen LogP) is 4.65. The number of benzene rings is 2. The van der Waals surface area contributed by atoms with Crippen LogP contribution in [0.5, 0.6) is 0 Å². The third-order valence-corrected chi connectivity index (χ3v) is 7.33. The minimum atomic E-state index is -0.903. The molecule has 0 aromatic heterocycles. The smallest absolute Gasteiger partial charge is 0.407 e. The van der Waals surface area contributed by atoms with Gasteiger partial charge in [-0.1, -0.05) is 82.1 Å². The zero-order valence-electron chi connectivity index (χ0n) is 20.6. The molecule has 1 fully saturated rings. The maximum Gasteiger partial charge on any atom is 0.407 e. The van der Waals surface area contributed by atoms with Crippen molar-refractivity contribution in [2.45, 2.75) is 52.0 Å². The summed E-state index contributed by atoms with van der Waals surface area (Å²) in [6.45, 7) is 6.41. The molecule has 1 aliphatic heterocycles. The molecule has 35 heavy (non-hydrogen) atoms. The Balaban J connectivity index is 1.42. The molecule has 0 radical (unpaired) electrons. The van der Waals surface area contributed by atoms with Crippen molar-refractivity contribution < 1.29 is 24.2 Å². The summed E-state index contributed by atoms with van der Waals surface area (Å²) >= 11 is 0. The Morgan fingerprint density at radius 2 is 1.69 bits per heavy atom. The van der Waals surface area contributed by atoms with Gasteiger partial charge >= 0.3 is 12.1 Å². The van der Waals surface area contributed by atoms with Crippen LogP contribution in [0.15, 0.2) is 48.5 Å². The van der Waals surface area contributed by atoms with Gasteiger partial charge in [0.15, 0.2) is 0 Å². The highest BCUT2D eigenvalue weighted by molar-refractivity contribution is 5.87. The van der Waals surface area contributed by atoms with Crippen molar-refractivity contribution in [3.8, 4) is 11.1 Å². The SMILES string of the molecule is CCCC[C@H](NC(=O)OCC1c2ccccc2-c2ccccc21)C(=O)N1CC(C(=O)O)C(C)(C)C1. The number of carbonyl (C=O) groups is 3. The molecule has 2 atom stereocenters. The van der Waals surface area contributed by atoms with Crippen LogP contribution in [0.1, 0.15) is 57.1 Å². The maximum absolute atomic E-state index is 13.3. The summed E-state index contributed by atoms with van der Waals surface area (Å²) in [5.74, 6) is -1.84. The van der Waals surface area contributed by atoms with Gasteiger partial charge in [0.25, 0.3) is 0 Å². The van der Waals surface area contributed by atoms with E-state index in [1.54, 1.807) is 4.90 Å². The molecule has 0 bridgehead atoms. The van der Waals surface area contributed by atoms with Gasteiger partial charge < -0.3 is 20.1 Å². The second kappa shape index (κ2) is 10.1. The summed E-state index contributed by atoms with van der Waals surface area (Å²) in [7, 11) is 0. The summed E-state index contributed by atoms with van der Waals surface area (Å²) in [5.41, 5.74) is 4.02. The maximum atomic E-state index is 13.3. The summed E-state index contributed by atoms with van der Waals surface area (Å²) in [6.07, 6.45) is 1.49. The molecule has 186 valence electrons. The number of nitrogens with one attached hydrogen (secondary N) is 1. The Labute approximate surface area is 206 Å². The average Bonchev–Trinajstić information content (AvgIpc) is 3.34. The van der Waals surface area contributed by atoms with Gasteiger partial charge in [-0.25, -0.2) is 4.79 Å². The van der Waals surface area contributed by atoms with Crippen molar-refractivity contribution in [1.29, 1.82) is 0 Å². The van der Waals surface area contributed by atoms with Gasteiger partial charge in [0.1, 0.15) is 12.6 Å². The van der Waals surface area contributed by atoms with E-state index < -0.39 is 29.4 Å². The lowest BCUT2D eigenvalue weighted by Gasteiger charge is -2.25. The number of amides is 2. The van der Waals surface area contributed by atoms with Crippen molar-refractivity contribution in [3.05, 3.63) is 59.7 Å². The standard InChI is InChI=1S/C28H34N2O5/c1-4-5-14-24(25(31)30-15-23(26(32)33)28(2,3)17-30)29-27(34)35-16-22-20-12-8-6-10-18(20)19-11-7-9-13-21(19)22/h6-13,22-24H,4-5,14-17H2,1-3H3,(H,29,34)(H,32,33)/t23?,24-/m0/s1. The fraction of sp³-hybridized carbons (Fsp3) is 0.464. The lowest BCUT2D eigenvalue weighted by molar-refractivity contribution is -0.144. The Bertz CT molecular complexity index is 1070. The molecule has 2 amide bonds. The molecule has 4 rings (SSSR count). The Morgan fingerprint density at radius 1 is 1.09 bits per heavy atom. The summed E-state index contributed by atoms with van der Waals surface area (Å²) in [4.78, 5) is 39.3. The number of likely N-dealkylation sites (tertiary alicyclic amines) is 1. The number of alkyl carbamates (subject to hydrolysis) is 1. The number of ether oxygens (including phenoxy) is 1. The lowest BCUT2D eigenvalue weighted by atomic mass is 9.82. The van der Waals surface area contributed by atoms with Crippen molar-refractivity contribution in [2.75, 3.05) is 19.7 Å². The molecule has 0 spiro atoms. The van der Waals surface area contributed by atoms with Crippen LogP contribution in [0.25, 0.3) is 11.1 Å². The first-order valence-electron chi connectivity index (χ1n) is 12.4. The van der Waals surface area contributed by atoms with Crippen LogP contribution in [-0.2, 0) is 14.3 Å². The minimum Gasteiger partial charge on any atom is -0.481 e. The number of rotatable bonds is 8. The van der Waals surface area contributed by atoms with Gasteiger partial charge in [0.05, 0.1) is 5.92 Å². The average molecular weight is 479 g/mol. The molecule has 7 nitrogen and oxygen atoms in total. The fourth-order valence-electron chi connectivity index (χ4n) is 5.38. The molecule has 0 saturated carbocycles. The van der Waals surface area contributed by atoms with E-state index in [9.17, 15) is 19.5 Å². The van der Waals surface area contributed by atoms with Crippen LogP contribution in [0.4, 0.5) is 4.79 Å². The van der Waals surface area contributed by atoms with Crippen LogP contribution in [-0.4, -0.2) is 53.7 Å². The Morgan fingerprint density at radius 3 is 2.23 bits per heavy atom. The zero-order valence-corrected chi connectivity index (χ0v) is 20.6. The van der Waals surface area contributed by atoms with Crippen LogP contribution >= 0.6 is 0 Å². The van der Waals surface area contributed by atoms with E-state index in [-0.39, 0.29) is 25.0 Å². The number of carbonyl (C=O) groups excluding carboxylic acids is 2. The second-order valence-electron chi connectivity index (χ2n) is 10.3. The molecule has 2 aliphatic rings. The summed E-state index contributed by atoms with van der Waals surface area (Å²) < 4.78 is 5.65. The first-order valence-corrected chi connectivity index (χ1v) is 12.4. The number of hydrogen-bond donors (Lipinski definition) is 2. The molecule has 1 unspecified atom stereocenters. The monoisotopic (exact) mass is 478 g/mol. The lowest BCUT2D eigenvalue weighted by Crippen LogP contribution is -2.48. The van der Waals surface area contributed by atoms with Gasteiger partial charge in [0.2, 0.25) is 5.91 Å². The van der Waals surface area contributed by atoms with Crippen LogP contribution < -0.4 is 5.32 Å². The number of aliphatic carboxylic acids is 1. The summed E-state index contributed by atoms with van der Waals surface area (Å²) in [6, 6.07) is 15.5. The number of unbranched alkanes of at least 4 members (excludes halogenated alkanes) is 1. The van der Waals surface area contributed by atoms with Crippen molar-refractivity contribution >= 4 is 18.0 Å². The fourth-order valence-corrected chi connectivity index (χ4v) is 5.38. The van der Waals surface area contributed by atoms with Crippen molar-refractivity contribution in [3.63, 3.8) is 0 Å². The first kappa shape index (κ1) is 24.8. The highest BCUT2D eigenvalue weighted by Gasteiger charge is 2.46. The molecule has 2 aromatic carbocycles. The number of hydrogen-bond acceptors (Lipinski definition) is 4. The quantitative estimate of drug-likeness (QED) is 0.576. The van der Waals surface area contributed by atoms with E-state index in [2.05, 4.69) is 29.6 Å². The van der Waals surface area contributed by atoms with Crippen LogP contribution in [0.2, 0.25) is 0 Å². The van der Waals surface area contributed by atoms with Crippen molar-refractivity contribution in [2.24, 2.45) is 11.3 Å². The van der Waals surface area contributed by atoms with Gasteiger partial charge in [-0.2, -0.15) is 0 Å². The third kappa shape index (κ3) is 5.04.